The minimum atomic E-state index is -0.973. The van der Waals surface area contributed by atoms with E-state index in [1.165, 1.54) is 0 Å². The van der Waals surface area contributed by atoms with E-state index < -0.39 is 5.97 Å². The van der Waals surface area contributed by atoms with E-state index in [9.17, 15) is 9.90 Å². The van der Waals surface area contributed by atoms with Gasteiger partial charge in [0.15, 0.2) is 0 Å². The third-order valence-corrected chi connectivity index (χ3v) is 2.66. The lowest BCUT2D eigenvalue weighted by atomic mass is 9.88. The van der Waals surface area contributed by atoms with Crippen LogP contribution in [-0.2, 0) is 5.41 Å². The van der Waals surface area contributed by atoms with Crippen molar-refractivity contribution < 1.29 is 14.6 Å². The van der Waals surface area contributed by atoms with Gasteiger partial charge in [-0.15, -0.1) is 0 Å². The molecule has 1 aliphatic rings. The number of aromatic nitrogens is 1. The molecule has 1 aromatic rings. The van der Waals surface area contributed by atoms with Gasteiger partial charge < -0.3 is 9.84 Å². The topological polar surface area (TPSA) is 59.4 Å². The normalized spacial score (nSPS) is 15.7. The van der Waals surface area contributed by atoms with Gasteiger partial charge >= 0.3 is 5.97 Å². The van der Waals surface area contributed by atoms with Crippen molar-refractivity contribution in [3.63, 3.8) is 0 Å². The van der Waals surface area contributed by atoms with E-state index in [1.54, 1.807) is 12.3 Å². The maximum absolute atomic E-state index is 11.4. The first-order valence-electron chi connectivity index (χ1n) is 5.79. The molecule has 0 aromatic carbocycles. The number of aromatic carboxylic acids is 1. The van der Waals surface area contributed by atoms with Crippen LogP contribution in [0, 0.1) is 0 Å². The van der Waals surface area contributed by atoms with Gasteiger partial charge in [-0.1, -0.05) is 20.8 Å². The standard InChI is InChI=1S/C13H17NO3/c1-13(2,3)11-10(12(15)16)9(6-7-14-11)17-8-4-5-8/h6-8H,4-5H2,1-3H3,(H,15,16). The zero-order valence-corrected chi connectivity index (χ0v) is 10.4. The van der Waals surface area contributed by atoms with Gasteiger partial charge in [0, 0.05) is 11.6 Å². The van der Waals surface area contributed by atoms with Crippen LogP contribution in [0.1, 0.15) is 49.7 Å². The third-order valence-electron chi connectivity index (χ3n) is 2.66. The Hall–Kier alpha value is -1.58. The van der Waals surface area contributed by atoms with Crippen LogP contribution in [0.5, 0.6) is 5.75 Å². The van der Waals surface area contributed by atoms with Crippen LogP contribution in [0.25, 0.3) is 0 Å². The molecule has 1 aliphatic carbocycles. The van der Waals surface area contributed by atoms with Crippen LogP contribution < -0.4 is 4.74 Å². The van der Waals surface area contributed by atoms with E-state index in [4.69, 9.17) is 4.74 Å². The number of hydrogen-bond acceptors (Lipinski definition) is 3. The Morgan fingerprint density at radius 2 is 2.12 bits per heavy atom. The van der Waals surface area contributed by atoms with Gasteiger partial charge in [-0.3, -0.25) is 4.98 Å². The molecule has 0 atom stereocenters. The molecule has 1 heterocycles. The summed E-state index contributed by atoms with van der Waals surface area (Å²) < 4.78 is 5.63. The molecule has 1 saturated carbocycles. The average molecular weight is 235 g/mol. The largest absolute Gasteiger partial charge is 0.489 e. The molecule has 4 nitrogen and oxygen atoms in total. The second kappa shape index (κ2) is 4.02. The molecule has 0 spiro atoms. The number of rotatable bonds is 3. The van der Waals surface area contributed by atoms with E-state index in [-0.39, 0.29) is 17.1 Å². The zero-order valence-electron chi connectivity index (χ0n) is 10.4. The second-order valence-corrected chi connectivity index (χ2v) is 5.41. The van der Waals surface area contributed by atoms with Crippen LogP contribution in [-0.4, -0.2) is 22.2 Å². The van der Waals surface area contributed by atoms with Crippen molar-refractivity contribution in [1.82, 2.24) is 4.98 Å². The number of nitrogens with zero attached hydrogens (tertiary/aromatic N) is 1. The molecule has 1 fully saturated rings. The molecule has 17 heavy (non-hydrogen) atoms. The first kappa shape index (κ1) is 11.9. The molecule has 0 radical (unpaired) electrons. The summed E-state index contributed by atoms with van der Waals surface area (Å²) in [5.74, 6) is -0.529. The number of carbonyl (C=O) groups is 1. The van der Waals surface area contributed by atoms with Crippen LogP contribution in [0.4, 0.5) is 0 Å². The van der Waals surface area contributed by atoms with Crippen molar-refractivity contribution in [3.8, 4) is 5.75 Å². The summed E-state index contributed by atoms with van der Waals surface area (Å²) >= 11 is 0. The fraction of sp³-hybridized carbons (Fsp3) is 0.538. The summed E-state index contributed by atoms with van der Waals surface area (Å²) in [6.07, 6.45) is 3.81. The van der Waals surface area contributed by atoms with E-state index in [0.29, 0.717) is 11.4 Å². The van der Waals surface area contributed by atoms with E-state index in [2.05, 4.69) is 4.98 Å². The maximum Gasteiger partial charge on any atom is 0.341 e. The summed E-state index contributed by atoms with van der Waals surface area (Å²) in [5, 5.41) is 9.32. The first-order chi connectivity index (χ1) is 7.89. The molecule has 0 unspecified atom stereocenters. The molecule has 92 valence electrons. The summed E-state index contributed by atoms with van der Waals surface area (Å²) in [5.41, 5.74) is 0.464. The molecular weight excluding hydrogens is 218 g/mol. The van der Waals surface area contributed by atoms with Crippen LogP contribution >= 0.6 is 0 Å². The molecule has 0 amide bonds. The Morgan fingerprint density at radius 3 is 2.59 bits per heavy atom. The summed E-state index contributed by atoms with van der Waals surface area (Å²) in [6.45, 7) is 5.84. The number of ether oxygens (including phenoxy) is 1. The molecule has 0 aliphatic heterocycles. The van der Waals surface area contributed by atoms with Crippen LogP contribution in [0.2, 0.25) is 0 Å². The number of pyridine rings is 1. The summed E-state index contributed by atoms with van der Waals surface area (Å²) in [6, 6.07) is 1.64. The van der Waals surface area contributed by atoms with Crippen molar-refractivity contribution in [3.05, 3.63) is 23.5 Å². The van der Waals surface area contributed by atoms with Crippen molar-refractivity contribution in [1.29, 1.82) is 0 Å². The van der Waals surface area contributed by atoms with E-state index >= 15 is 0 Å². The molecule has 1 aromatic heterocycles. The SMILES string of the molecule is CC(C)(C)c1nccc(OC2CC2)c1C(=O)O. The number of carboxylic acids is 1. The number of carboxylic acid groups (broad SMARTS) is 1. The van der Waals surface area contributed by atoms with Gasteiger partial charge in [-0.25, -0.2) is 4.79 Å². The summed E-state index contributed by atoms with van der Waals surface area (Å²) in [7, 11) is 0. The molecule has 0 saturated heterocycles. The molecule has 0 bridgehead atoms. The Labute approximate surface area is 101 Å². The lowest BCUT2D eigenvalue weighted by Gasteiger charge is -2.21. The average Bonchev–Trinajstić information content (AvgIpc) is 2.99. The predicted octanol–water partition coefficient (Wildman–Crippen LogP) is 2.62. The van der Waals surface area contributed by atoms with Gasteiger partial charge in [0.1, 0.15) is 11.3 Å². The number of hydrogen-bond donors (Lipinski definition) is 1. The van der Waals surface area contributed by atoms with Crippen molar-refractivity contribution in [2.75, 3.05) is 0 Å². The Bertz CT molecular complexity index is 444. The molecule has 1 N–H and O–H groups in total. The van der Waals surface area contributed by atoms with E-state index in [1.807, 2.05) is 20.8 Å². The van der Waals surface area contributed by atoms with Gasteiger partial charge in [-0.2, -0.15) is 0 Å². The van der Waals surface area contributed by atoms with Crippen molar-refractivity contribution >= 4 is 5.97 Å². The first-order valence-corrected chi connectivity index (χ1v) is 5.79. The maximum atomic E-state index is 11.4. The minimum Gasteiger partial charge on any atom is -0.489 e. The van der Waals surface area contributed by atoms with Crippen LogP contribution in [0.3, 0.4) is 0 Å². The quantitative estimate of drug-likeness (QED) is 0.874. The molecule has 4 heteroatoms. The third kappa shape index (κ3) is 2.57. The lowest BCUT2D eigenvalue weighted by Crippen LogP contribution is -2.20. The highest BCUT2D eigenvalue weighted by Gasteiger charge is 2.30. The second-order valence-electron chi connectivity index (χ2n) is 5.41. The fourth-order valence-electron chi connectivity index (χ4n) is 1.68. The molecule has 2 rings (SSSR count). The fourth-order valence-corrected chi connectivity index (χ4v) is 1.68. The predicted molar refractivity (Wildman–Crippen MR) is 63.5 cm³/mol. The lowest BCUT2D eigenvalue weighted by molar-refractivity contribution is 0.0688. The van der Waals surface area contributed by atoms with Crippen molar-refractivity contribution in [2.45, 2.75) is 45.1 Å². The Kier molecular flexibility index (Phi) is 2.81. The summed E-state index contributed by atoms with van der Waals surface area (Å²) in [4.78, 5) is 15.6. The Balaban J connectivity index is 2.47. The zero-order chi connectivity index (χ0) is 12.6. The molecular formula is C13H17NO3. The monoisotopic (exact) mass is 235 g/mol. The minimum absolute atomic E-state index is 0.184. The van der Waals surface area contributed by atoms with E-state index in [0.717, 1.165) is 12.8 Å². The van der Waals surface area contributed by atoms with Gasteiger partial charge in [0.2, 0.25) is 0 Å². The smallest absolute Gasteiger partial charge is 0.341 e. The Morgan fingerprint density at radius 1 is 1.47 bits per heavy atom. The van der Waals surface area contributed by atoms with Crippen LogP contribution in [0.15, 0.2) is 12.3 Å². The van der Waals surface area contributed by atoms with Gasteiger partial charge in [0.05, 0.1) is 11.8 Å². The highest BCUT2D eigenvalue weighted by atomic mass is 16.5. The van der Waals surface area contributed by atoms with Gasteiger partial charge in [0.25, 0.3) is 0 Å². The van der Waals surface area contributed by atoms with Crippen molar-refractivity contribution in [2.24, 2.45) is 0 Å². The highest BCUT2D eigenvalue weighted by molar-refractivity contribution is 5.92. The highest BCUT2D eigenvalue weighted by Crippen LogP contribution is 2.33. The van der Waals surface area contributed by atoms with Gasteiger partial charge in [-0.05, 0) is 18.9 Å².